The molecule has 1 fully saturated rings. The third-order valence-electron chi connectivity index (χ3n) is 4.54. The van der Waals surface area contributed by atoms with E-state index in [0.29, 0.717) is 25.1 Å². The molecule has 0 aromatic carbocycles. The lowest BCUT2D eigenvalue weighted by Crippen LogP contribution is -2.56. The highest BCUT2D eigenvalue weighted by Gasteiger charge is 2.37. The minimum atomic E-state index is -0.855. The van der Waals surface area contributed by atoms with Crippen molar-refractivity contribution in [2.75, 3.05) is 13.1 Å². The summed E-state index contributed by atoms with van der Waals surface area (Å²) in [7, 11) is 0. The molecule has 11 nitrogen and oxygen atoms in total. The predicted molar refractivity (Wildman–Crippen MR) is 91.6 cm³/mol. The van der Waals surface area contributed by atoms with Gasteiger partial charge in [-0.25, -0.2) is 4.98 Å². The van der Waals surface area contributed by atoms with E-state index in [2.05, 4.69) is 25.6 Å². The zero-order valence-corrected chi connectivity index (χ0v) is 14.1. The Morgan fingerprint density at radius 3 is 2.85 bits per heavy atom. The number of nitrogens with zero attached hydrogens (tertiary/aromatic N) is 3. The van der Waals surface area contributed by atoms with Gasteiger partial charge in [-0.3, -0.25) is 19.4 Å². The lowest BCUT2D eigenvalue weighted by molar-refractivity contribution is -0.140. The zero-order valence-electron chi connectivity index (χ0n) is 14.1. The van der Waals surface area contributed by atoms with E-state index < -0.39 is 24.0 Å². The van der Waals surface area contributed by atoms with Crippen LogP contribution in [0.5, 0.6) is 0 Å². The number of carbonyl (C=O) groups is 3. The predicted octanol–water partition coefficient (Wildman–Crippen LogP) is -2.80. The van der Waals surface area contributed by atoms with Crippen molar-refractivity contribution in [3.8, 4) is 0 Å². The van der Waals surface area contributed by atoms with Gasteiger partial charge in [-0.05, 0) is 12.8 Å². The van der Waals surface area contributed by atoms with Crippen molar-refractivity contribution in [2.24, 2.45) is 16.5 Å². The fourth-order valence-electron chi connectivity index (χ4n) is 3.22. The highest BCUT2D eigenvalue weighted by molar-refractivity contribution is 5.95. The first-order valence-corrected chi connectivity index (χ1v) is 8.39. The van der Waals surface area contributed by atoms with Crippen LogP contribution in [0.25, 0.3) is 0 Å². The summed E-state index contributed by atoms with van der Waals surface area (Å²) in [5.74, 6) is -1.08. The third-order valence-corrected chi connectivity index (χ3v) is 4.54. The van der Waals surface area contributed by atoms with Crippen molar-refractivity contribution < 1.29 is 14.4 Å². The number of aromatic nitrogens is 2. The second-order valence-electron chi connectivity index (χ2n) is 6.36. The first-order valence-electron chi connectivity index (χ1n) is 8.39. The van der Waals surface area contributed by atoms with Gasteiger partial charge in [-0.1, -0.05) is 0 Å². The van der Waals surface area contributed by atoms with Gasteiger partial charge in [-0.2, -0.15) is 0 Å². The molecule has 1 saturated heterocycles. The summed E-state index contributed by atoms with van der Waals surface area (Å²) in [6.45, 7) is 0.635. The van der Waals surface area contributed by atoms with Crippen molar-refractivity contribution in [1.82, 2.24) is 25.5 Å². The highest BCUT2D eigenvalue weighted by Crippen LogP contribution is 2.19. The smallest absolute Gasteiger partial charge is 0.246 e. The van der Waals surface area contributed by atoms with E-state index in [1.807, 2.05) is 0 Å². The summed E-state index contributed by atoms with van der Waals surface area (Å²) < 4.78 is 0. The van der Waals surface area contributed by atoms with E-state index in [4.69, 9.17) is 11.5 Å². The molecule has 3 atom stereocenters. The third kappa shape index (κ3) is 3.76. The number of hydrogen-bond donors (Lipinski definition) is 5. The Labute approximate surface area is 149 Å². The maximum absolute atomic E-state index is 13.0. The van der Waals surface area contributed by atoms with Crippen LogP contribution in [0.3, 0.4) is 0 Å². The van der Waals surface area contributed by atoms with E-state index in [0.717, 1.165) is 0 Å². The minimum absolute atomic E-state index is 0.190. The number of nitrogens with two attached hydrogens (primary N) is 2. The molecule has 1 aromatic rings. The monoisotopic (exact) mass is 362 g/mol. The largest absolute Gasteiger partial charge is 0.370 e. The number of likely N-dealkylation sites (tertiary alicyclic amines) is 1. The van der Waals surface area contributed by atoms with Crippen LogP contribution in [0.2, 0.25) is 0 Å². The molecule has 0 saturated carbocycles. The van der Waals surface area contributed by atoms with Crippen molar-refractivity contribution in [1.29, 1.82) is 0 Å². The van der Waals surface area contributed by atoms with Crippen LogP contribution in [0.1, 0.15) is 18.5 Å². The van der Waals surface area contributed by atoms with E-state index >= 15 is 0 Å². The Morgan fingerprint density at radius 2 is 2.23 bits per heavy atom. The number of aliphatic imine (C=N–C) groups is 1. The van der Waals surface area contributed by atoms with Crippen molar-refractivity contribution in [2.45, 2.75) is 37.4 Å². The first-order chi connectivity index (χ1) is 12.5. The topological polar surface area (TPSA) is 172 Å². The second-order valence-corrected chi connectivity index (χ2v) is 6.36. The summed E-state index contributed by atoms with van der Waals surface area (Å²) in [4.78, 5) is 49.3. The van der Waals surface area contributed by atoms with Crippen molar-refractivity contribution >= 4 is 23.7 Å². The van der Waals surface area contributed by atoms with E-state index in [1.54, 1.807) is 6.20 Å². The molecular weight excluding hydrogens is 340 g/mol. The maximum atomic E-state index is 13.0. The van der Waals surface area contributed by atoms with Gasteiger partial charge in [0.25, 0.3) is 0 Å². The van der Waals surface area contributed by atoms with Gasteiger partial charge in [-0.15, -0.1) is 0 Å². The summed E-state index contributed by atoms with van der Waals surface area (Å²) in [5.41, 5.74) is 11.6. The molecule has 3 amide bonds. The molecule has 26 heavy (non-hydrogen) atoms. The first kappa shape index (κ1) is 17.7. The van der Waals surface area contributed by atoms with Gasteiger partial charge in [0.1, 0.15) is 18.1 Å². The standard InChI is InChI=1S/C15H22N8O3/c16-12(24)11-2-1-3-23(11)14(26)9(4-8-5-18-7-20-8)21-13(25)10-6-19-15(17)22-10/h5,7,9-11H,1-4,6H2,(H2,16,24)(H,18,20)(H,21,25)(H3,17,19,22)/t9-,10?,11-/m0/s1. The minimum Gasteiger partial charge on any atom is -0.370 e. The number of primary amides is 1. The van der Waals surface area contributed by atoms with E-state index in [9.17, 15) is 14.4 Å². The second kappa shape index (κ2) is 7.42. The summed E-state index contributed by atoms with van der Waals surface area (Å²) in [6.07, 6.45) is 4.51. The summed E-state index contributed by atoms with van der Waals surface area (Å²) in [6, 6.07) is -2.13. The van der Waals surface area contributed by atoms with E-state index in [1.165, 1.54) is 11.2 Å². The number of imidazole rings is 1. The molecule has 2 aliphatic heterocycles. The SMILES string of the molecule is NC(=O)[C@@H]1CCCN1C(=O)[C@H](Cc1cnc[nH]1)NC(=O)C1CN=C(N)N1. The average Bonchev–Trinajstić information content (AvgIpc) is 3.34. The Morgan fingerprint density at radius 1 is 1.42 bits per heavy atom. The molecule has 1 aromatic heterocycles. The van der Waals surface area contributed by atoms with Crippen molar-refractivity contribution in [3.63, 3.8) is 0 Å². The molecule has 0 bridgehead atoms. The number of aromatic amines is 1. The molecule has 7 N–H and O–H groups in total. The molecule has 140 valence electrons. The van der Waals surface area contributed by atoms with Crippen LogP contribution in [0, 0.1) is 0 Å². The van der Waals surface area contributed by atoms with Crippen LogP contribution < -0.4 is 22.1 Å². The van der Waals surface area contributed by atoms with Crippen LogP contribution in [-0.4, -0.2) is 69.8 Å². The van der Waals surface area contributed by atoms with Gasteiger partial charge in [0.2, 0.25) is 17.7 Å². The number of H-pyrrole nitrogens is 1. The van der Waals surface area contributed by atoms with Gasteiger partial charge in [0, 0.05) is 24.9 Å². The molecule has 3 heterocycles. The lowest BCUT2D eigenvalue weighted by Gasteiger charge is -2.28. The summed E-state index contributed by atoms with van der Waals surface area (Å²) >= 11 is 0. The van der Waals surface area contributed by atoms with Crippen LogP contribution in [0.4, 0.5) is 0 Å². The fraction of sp³-hybridized carbons (Fsp3) is 0.533. The Bertz CT molecular complexity index is 716. The molecule has 1 unspecified atom stereocenters. The van der Waals surface area contributed by atoms with Gasteiger partial charge < -0.3 is 32.0 Å². The zero-order chi connectivity index (χ0) is 18.7. The molecule has 0 spiro atoms. The fourth-order valence-corrected chi connectivity index (χ4v) is 3.22. The van der Waals surface area contributed by atoms with E-state index in [-0.39, 0.29) is 30.7 Å². The molecule has 0 aliphatic carbocycles. The number of carbonyl (C=O) groups excluding carboxylic acids is 3. The normalized spacial score (nSPS) is 23.2. The van der Waals surface area contributed by atoms with Gasteiger partial charge in [0.05, 0.1) is 12.9 Å². The number of nitrogens with one attached hydrogen (secondary N) is 3. The van der Waals surface area contributed by atoms with Gasteiger partial charge >= 0.3 is 0 Å². The molecule has 3 rings (SSSR count). The lowest BCUT2D eigenvalue weighted by atomic mass is 10.1. The quantitative estimate of drug-likeness (QED) is 0.366. The van der Waals surface area contributed by atoms with Crippen molar-refractivity contribution in [3.05, 3.63) is 18.2 Å². The van der Waals surface area contributed by atoms with Gasteiger partial charge in [0.15, 0.2) is 5.96 Å². The summed E-state index contributed by atoms with van der Waals surface area (Å²) in [5, 5.41) is 5.48. The molecule has 2 aliphatic rings. The number of hydrogen-bond acceptors (Lipinski definition) is 7. The highest BCUT2D eigenvalue weighted by atomic mass is 16.2. The number of rotatable bonds is 6. The Balaban J connectivity index is 1.73. The molecule has 0 radical (unpaired) electrons. The number of guanidine groups is 1. The maximum Gasteiger partial charge on any atom is 0.246 e. The Kier molecular flexibility index (Phi) is 5.05. The molecule has 11 heteroatoms. The van der Waals surface area contributed by atoms with Crippen LogP contribution in [-0.2, 0) is 20.8 Å². The Hall–Kier alpha value is -3.11. The molecular formula is C15H22N8O3. The van der Waals surface area contributed by atoms with Crippen LogP contribution in [0.15, 0.2) is 17.5 Å². The van der Waals surface area contributed by atoms with Crippen LogP contribution >= 0.6 is 0 Å². The number of amides is 3. The average molecular weight is 362 g/mol.